The Kier molecular flexibility index (Phi) is 2.80. The predicted molar refractivity (Wildman–Crippen MR) is 53.4 cm³/mol. The van der Waals surface area contributed by atoms with Crippen LogP contribution in [0.2, 0.25) is 0 Å². The van der Waals surface area contributed by atoms with Crippen LogP contribution in [0.3, 0.4) is 0 Å². The summed E-state index contributed by atoms with van der Waals surface area (Å²) in [5.41, 5.74) is 0. The van der Waals surface area contributed by atoms with Gasteiger partial charge in [-0.25, -0.2) is 4.98 Å². The molecule has 1 saturated carbocycles. The van der Waals surface area contributed by atoms with Gasteiger partial charge in [0.1, 0.15) is 0 Å². The van der Waals surface area contributed by atoms with Gasteiger partial charge in [0, 0.05) is 31.4 Å². The average Bonchev–Trinajstić information content (AvgIpc) is 2.92. The van der Waals surface area contributed by atoms with Crippen LogP contribution in [0.4, 0.5) is 0 Å². The minimum Gasteiger partial charge on any atom is -0.353 e. The van der Waals surface area contributed by atoms with Gasteiger partial charge in [0.25, 0.3) is 0 Å². The Morgan fingerprint density at radius 2 is 2.47 bits per heavy atom. The van der Waals surface area contributed by atoms with Crippen LogP contribution in [0.15, 0.2) is 12.4 Å². The lowest BCUT2D eigenvalue weighted by Crippen LogP contribution is -2.26. The van der Waals surface area contributed by atoms with Crippen molar-refractivity contribution >= 4 is 12.2 Å². The minimum atomic E-state index is 0.0445. The van der Waals surface area contributed by atoms with Crippen molar-refractivity contribution in [2.24, 2.45) is 0 Å². The van der Waals surface area contributed by atoms with Gasteiger partial charge in [-0.15, -0.1) is 0 Å². The highest BCUT2D eigenvalue weighted by Gasteiger charge is 2.22. The van der Waals surface area contributed by atoms with Crippen LogP contribution < -0.4 is 5.32 Å². The van der Waals surface area contributed by atoms with Gasteiger partial charge in [-0.1, -0.05) is 0 Å². The van der Waals surface area contributed by atoms with Gasteiger partial charge < -0.3 is 9.88 Å². The van der Waals surface area contributed by atoms with E-state index in [1.807, 2.05) is 0 Å². The highest BCUT2D eigenvalue weighted by Crippen LogP contribution is 2.18. The molecular formula is C10H13N3O2. The molecule has 1 aromatic heterocycles. The molecule has 15 heavy (non-hydrogen) atoms. The van der Waals surface area contributed by atoms with Crippen molar-refractivity contribution in [2.45, 2.75) is 31.8 Å². The van der Waals surface area contributed by atoms with E-state index in [4.69, 9.17) is 0 Å². The fourth-order valence-corrected chi connectivity index (χ4v) is 1.38. The molecule has 2 rings (SSSR count). The number of nitrogens with one attached hydrogen (secondary N) is 1. The third-order valence-electron chi connectivity index (χ3n) is 2.38. The smallest absolute Gasteiger partial charge is 0.222 e. The Bertz CT molecular complexity index is 368. The van der Waals surface area contributed by atoms with E-state index >= 15 is 0 Å². The fourth-order valence-electron chi connectivity index (χ4n) is 1.38. The zero-order valence-corrected chi connectivity index (χ0v) is 8.35. The van der Waals surface area contributed by atoms with Gasteiger partial charge in [0.2, 0.25) is 5.91 Å². The molecular weight excluding hydrogens is 194 g/mol. The maximum absolute atomic E-state index is 11.4. The lowest BCUT2D eigenvalue weighted by molar-refractivity contribution is -0.121. The SMILES string of the molecule is O=Cc1nccn1CCC(=O)NC1CC1. The second kappa shape index (κ2) is 4.25. The van der Waals surface area contributed by atoms with Crippen molar-refractivity contribution < 1.29 is 9.59 Å². The number of aldehydes is 1. The Hall–Kier alpha value is -1.65. The predicted octanol–water partition coefficient (Wildman–Crippen LogP) is 0.364. The van der Waals surface area contributed by atoms with E-state index < -0.39 is 0 Å². The first kappa shape index (κ1) is 9.89. The summed E-state index contributed by atoms with van der Waals surface area (Å²) in [7, 11) is 0. The van der Waals surface area contributed by atoms with Crippen LogP contribution in [-0.2, 0) is 11.3 Å². The standard InChI is InChI=1S/C10H13N3O2/c14-7-9-11-4-6-13(9)5-3-10(15)12-8-1-2-8/h4,6-8H,1-3,5H2,(H,12,15). The minimum absolute atomic E-state index is 0.0445. The van der Waals surface area contributed by atoms with E-state index in [1.54, 1.807) is 17.0 Å². The van der Waals surface area contributed by atoms with Gasteiger partial charge >= 0.3 is 0 Å². The largest absolute Gasteiger partial charge is 0.353 e. The van der Waals surface area contributed by atoms with E-state index in [9.17, 15) is 9.59 Å². The number of hydrogen-bond acceptors (Lipinski definition) is 3. The molecule has 0 spiro atoms. The zero-order valence-electron chi connectivity index (χ0n) is 8.35. The van der Waals surface area contributed by atoms with Crippen LogP contribution in [0.25, 0.3) is 0 Å². The first-order valence-electron chi connectivity index (χ1n) is 5.05. The zero-order chi connectivity index (χ0) is 10.7. The first-order valence-corrected chi connectivity index (χ1v) is 5.05. The molecule has 0 saturated heterocycles. The number of rotatable bonds is 5. The monoisotopic (exact) mass is 207 g/mol. The molecule has 5 nitrogen and oxygen atoms in total. The van der Waals surface area contributed by atoms with Gasteiger partial charge in [-0.3, -0.25) is 9.59 Å². The number of hydrogen-bond donors (Lipinski definition) is 1. The topological polar surface area (TPSA) is 64.0 Å². The van der Waals surface area contributed by atoms with E-state index in [1.165, 1.54) is 0 Å². The molecule has 0 unspecified atom stereocenters. The van der Waals surface area contributed by atoms with Crippen molar-refractivity contribution in [3.63, 3.8) is 0 Å². The van der Waals surface area contributed by atoms with Gasteiger partial charge in [-0.05, 0) is 12.8 Å². The van der Waals surface area contributed by atoms with E-state index in [0.29, 0.717) is 31.1 Å². The first-order chi connectivity index (χ1) is 7.29. The molecule has 0 bridgehead atoms. The third kappa shape index (κ3) is 2.65. The van der Waals surface area contributed by atoms with Gasteiger partial charge in [-0.2, -0.15) is 0 Å². The molecule has 1 amide bonds. The molecule has 1 fully saturated rings. The molecule has 1 heterocycles. The Morgan fingerprint density at radius 1 is 1.67 bits per heavy atom. The molecule has 1 aromatic rings. The molecule has 1 aliphatic carbocycles. The molecule has 5 heteroatoms. The fraction of sp³-hybridized carbons (Fsp3) is 0.500. The maximum atomic E-state index is 11.4. The second-order valence-corrected chi connectivity index (χ2v) is 3.69. The second-order valence-electron chi connectivity index (χ2n) is 3.69. The van der Waals surface area contributed by atoms with Crippen molar-refractivity contribution in [3.8, 4) is 0 Å². The molecule has 0 aliphatic heterocycles. The number of carbonyl (C=O) groups is 2. The summed E-state index contributed by atoms with van der Waals surface area (Å²) in [5, 5.41) is 2.89. The van der Waals surface area contributed by atoms with Crippen molar-refractivity contribution in [1.82, 2.24) is 14.9 Å². The maximum Gasteiger partial charge on any atom is 0.222 e. The Balaban J connectivity index is 1.81. The lowest BCUT2D eigenvalue weighted by Gasteiger charge is -2.04. The van der Waals surface area contributed by atoms with Crippen LogP contribution >= 0.6 is 0 Å². The summed E-state index contributed by atoms with van der Waals surface area (Å²) >= 11 is 0. The Labute approximate surface area is 87.5 Å². The van der Waals surface area contributed by atoms with Crippen LogP contribution in [0.5, 0.6) is 0 Å². The number of aryl methyl sites for hydroxylation is 1. The number of aromatic nitrogens is 2. The number of nitrogens with zero attached hydrogens (tertiary/aromatic N) is 2. The summed E-state index contributed by atoms with van der Waals surface area (Å²) in [6.07, 6.45) is 6.54. The molecule has 0 aromatic carbocycles. The van der Waals surface area contributed by atoms with Crippen LogP contribution in [-0.4, -0.2) is 27.8 Å². The number of carbonyl (C=O) groups excluding carboxylic acids is 2. The number of amides is 1. The van der Waals surface area contributed by atoms with Gasteiger partial charge in [0.15, 0.2) is 12.1 Å². The molecule has 0 atom stereocenters. The Morgan fingerprint density at radius 3 is 3.13 bits per heavy atom. The highest BCUT2D eigenvalue weighted by molar-refractivity contribution is 5.76. The van der Waals surface area contributed by atoms with E-state index in [-0.39, 0.29) is 5.91 Å². The van der Waals surface area contributed by atoms with Crippen molar-refractivity contribution in [3.05, 3.63) is 18.2 Å². The average molecular weight is 207 g/mol. The molecule has 1 N–H and O–H groups in total. The summed E-state index contributed by atoms with van der Waals surface area (Å²) in [4.78, 5) is 25.7. The van der Waals surface area contributed by atoms with Crippen LogP contribution in [0.1, 0.15) is 29.9 Å². The summed E-state index contributed by atoms with van der Waals surface area (Å²) in [6, 6.07) is 0.394. The summed E-state index contributed by atoms with van der Waals surface area (Å²) < 4.78 is 1.68. The molecule has 1 aliphatic rings. The van der Waals surface area contributed by atoms with Crippen molar-refractivity contribution in [1.29, 1.82) is 0 Å². The molecule has 80 valence electrons. The quantitative estimate of drug-likeness (QED) is 0.709. The normalized spacial score (nSPS) is 14.9. The van der Waals surface area contributed by atoms with Crippen LogP contribution in [0, 0.1) is 0 Å². The summed E-state index contributed by atoms with van der Waals surface area (Å²) in [6.45, 7) is 0.507. The summed E-state index contributed by atoms with van der Waals surface area (Å²) in [5.74, 6) is 0.414. The third-order valence-corrected chi connectivity index (χ3v) is 2.38. The lowest BCUT2D eigenvalue weighted by atomic mass is 10.4. The highest BCUT2D eigenvalue weighted by atomic mass is 16.1. The van der Waals surface area contributed by atoms with E-state index in [0.717, 1.165) is 12.8 Å². The van der Waals surface area contributed by atoms with Gasteiger partial charge in [0.05, 0.1) is 0 Å². The molecule has 0 radical (unpaired) electrons. The number of imidazole rings is 1. The van der Waals surface area contributed by atoms with Crippen molar-refractivity contribution in [2.75, 3.05) is 0 Å². The van der Waals surface area contributed by atoms with E-state index in [2.05, 4.69) is 10.3 Å².